The molecule has 0 spiro atoms. The van der Waals surface area contributed by atoms with Crippen LogP contribution in [0.1, 0.15) is 42.5 Å². The van der Waals surface area contributed by atoms with Crippen molar-refractivity contribution < 1.29 is 14.3 Å². The molecule has 5 nitrogen and oxygen atoms in total. The Morgan fingerprint density at radius 2 is 1.67 bits per heavy atom. The molecule has 0 bridgehead atoms. The molecule has 36 heavy (non-hydrogen) atoms. The molecule has 3 aromatic carbocycles. The second-order valence-electron chi connectivity index (χ2n) is 9.16. The van der Waals surface area contributed by atoms with Gasteiger partial charge >= 0.3 is 0 Å². The van der Waals surface area contributed by atoms with Crippen molar-refractivity contribution in [3.63, 3.8) is 0 Å². The van der Waals surface area contributed by atoms with Crippen LogP contribution >= 0.6 is 11.6 Å². The Kier molecular flexibility index (Phi) is 9.95. The highest BCUT2D eigenvalue weighted by atomic mass is 35.5. The number of rotatable bonds is 11. The summed E-state index contributed by atoms with van der Waals surface area (Å²) < 4.78 is 5.96. The molecule has 3 rings (SSSR count). The Labute approximate surface area is 219 Å². The summed E-state index contributed by atoms with van der Waals surface area (Å²) in [5.41, 5.74) is 3.89. The molecule has 0 aliphatic rings. The first-order chi connectivity index (χ1) is 17.3. The SMILES string of the molecule is CC[C@H](C)NC(=O)[C@@H](Cc1ccccc1)N(Cc1cccc(Cl)c1)C(=O)COc1cccc(C)c1C. The van der Waals surface area contributed by atoms with Gasteiger partial charge in [0.1, 0.15) is 11.8 Å². The largest absolute Gasteiger partial charge is 0.483 e. The molecule has 0 radical (unpaired) electrons. The summed E-state index contributed by atoms with van der Waals surface area (Å²) >= 11 is 6.23. The van der Waals surface area contributed by atoms with Crippen LogP contribution in [0.3, 0.4) is 0 Å². The van der Waals surface area contributed by atoms with E-state index >= 15 is 0 Å². The van der Waals surface area contributed by atoms with E-state index in [-0.39, 0.29) is 31.0 Å². The van der Waals surface area contributed by atoms with Gasteiger partial charge in [0, 0.05) is 24.0 Å². The van der Waals surface area contributed by atoms with Gasteiger partial charge in [0.2, 0.25) is 5.91 Å². The summed E-state index contributed by atoms with van der Waals surface area (Å²) in [6.45, 7) is 8.02. The zero-order chi connectivity index (χ0) is 26.1. The summed E-state index contributed by atoms with van der Waals surface area (Å²) in [4.78, 5) is 28.8. The fourth-order valence-electron chi connectivity index (χ4n) is 3.93. The smallest absolute Gasteiger partial charge is 0.261 e. The Balaban J connectivity index is 1.93. The lowest BCUT2D eigenvalue weighted by Crippen LogP contribution is -2.53. The second-order valence-corrected chi connectivity index (χ2v) is 9.60. The van der Waals surface area contributed by atoms with Crippen LogP contribution in [-0.2, 0) is 22.6 Å². The molecule has 2 amide bonds. The van der Waals surface area contributed by atoms with Gasteiger partial charge in [-0.15, -0.1) is 0 Å². The number of ether oxygens (including phenoxy) is 1. The molecule has 0 saturated heterocycles. The predicted molar refractivity (Wildman–Crippen MR) is 145 cm³/mol. The molecule has 1 N–H and O–H groups in total. The summed E-state index contributed by atoms with van der Waals surface area (Å²) in [6.07, 6.45) is 1.18. The zero-order valence-corrected chi connectivity index (χ0v) is 22.2. The third-order valence-electron chi connectivity index (χ3n) is 6.42. The first-order valence-electron chi connectivity index (χ1n) is 12.4. The molecule has 190 valence electrons. The number of hydrogen-bond acceptors (Lipinski definition) is 3. The van der Waals surface area contributed by atoms with Gasteiger partial charge in [0.15, 0.2) is 6.61 Å². The van der Waals surface area contributed by atoms with Crippen LogP contribution in [-0.4, -0.2) is 35.4 Å². The van der Waals surface area contributed by atoms with Crippen LogP contribution in [0.25, 0.3) is 0 Å². The van der Waals surface area contributed by atoms with Gasteiger partial charge in [-0.3, -0.25) is 9.59 Å². The fraction of sp³-hybridized carbons (Fsp3) is 0.333. The van der Waals surface area contributed by atoms with Crippen molar-refractivity contribution in [3.8, 4) is 5.75 Å². The van der Waals surface area contributed by atoms with Crippen molar-refractivity contribution >= 4 is 23.4 Å². The molecule has 0 heterocycles. The van der Waals surface area contributed by atoms with Crippen LogP contribution in [0.4, 0.5) is 0 Å². The Morgan fingerprint density at radius 1 is 0.972 bits per heavy atom. The Bertz CT molecular complexity index is 1170. The molecule has 0 aliphatic heterocycles. The number of hydrogen-bond donors (Lipinski definition) is 1. The molecule has 0 saturated carbocycles. The minimum atomic E-state index is -0.713. The van der Waals surface area contributed by atoms with Crippen molar-refractivity contribution in [2.24, 2.45) is 0 Å². The summed E-state index contributed by atoms with van der Waals surface area (Å²) in [6, 6.07) is 22.2. The molecular formula is C30H35ClN2O3. The van der Waals surface area contributed by atoms with Gasteiger partial charge in [0.25, 0.3) is 5.91 Å². The molecule has 0 fully saturated rings. The van der Waals surface area contributed by atoms with Crippen LogP contribution in [0.5, 0.6) is 5.75 Å². The van der Waals surface area contributed by atoms with Crippen molar-refractivity contribution in [2.75, 3.05) is 6.61 Å². The van der Waals surface area contributed by atoms with Gasteiger partial charge in [-0.25, -0.2) is 0 Å². The van der Waals surface area contributed by atoms with E-state index in [0.29, 0.717) is 17.2 Å². The molecule has 0 unspecified atom stereocenters. The quantitative estimate of drug-likeness (QED) is 0.352. The topological polar surface area (TPSA) is 58.6 Å². The van der Waals surface area contributed by atoms with E-state index in [1.807, 2.05) is 94.4 Å². The van der Waals surface area contributed by atoms with Gasteiger partial charge in [0.05, 0.1) is 0 Å². The third-order valence-corrected chi connectivity index (χ3v) is 6.66. The maximum atomic E-state index is 13.7. The van der Waals surface area contributed by atoms with Crippen molar-refractivity contribution in [1.82, 2.24) is 10.2 Å². The van der Waals surface area contributed by atoms with Crippen LogP contribution in [0.2, 0.25) is 5.02 Å². The Morgan fingerprint density at radius 3 is 2.36 bits per heavy atom. The Hall–Kier alpha value is -3.31. The predicted octanol–water partition coefficient (Wildman–Crippen LogP) is 5.89. The zero-order valence-electron chi connectivity index (χ0n) is 21.5. The van der Waals surface area contributed by atoms with Crippen molar-refractivity contribution in [2.45, 2.75) is 59.2 Å². The van der Waals surface area contributed by atoms with E-state index < -0.39 is 6.04 Å². The lowest BCUT2D eigenvalue weighted by molar-refractivity contribution is -0.143. The van der Waals surface area contributed by atoms with Gasteiger partial charge in [-0.2, -0.15) is 0 Å². The highest BCUT2D eigenvalue weighted by Crippen LogP contribution is 2.22. The molecule has 0 aliphatic carbocycles. The maximum absolute atomic E-state index is 13.7. The summed E-state index contributed by atoms with van der Waals surface area (Å²) in [5.74, 6) is 0.209. The van der Waals surface area contributed by atoms with Crippen LogP contribution in [0.15, 0.2) is 72.8 Å². The minimum Gasteiger partial charge on any atom is -0.483 e. The van der Waals surface area contributed by atoms with Gasteiger partial charge in [-0.05, 0) is 67.6 Å². The molecule has 2 atom stereocenters. The average Bonchev–Trinajstić information content (AvgIpc) is 2.87. The van der Waals surface area contributed by atoms with Crippen molar-refractivity contribution in [1.29, 1.82) is 0 Å². The van der Waals surface area contributed by atoms with E-state index in [0.717, 1.165) is 28.7 Å². The average molecular weight is 507 g/mol. The van der Waals surface area contributed by atoms with Crippen molar-refractivity contribution in [3.05, 3.63) is 100 Å². The second kappa shape index (κ2) is 13.1. The molecular weight excluding hydrogens is 472 g/mol. The molecule has 0 aromatic heterocycles. The minimum absolute atomic E-state index is 0.00918. The highest BCUT2D eigenvalue weighted by molar-refractivity contribution is 6.30. The number of carbonyl (C=O) groups excluding carboxylic acids is 2. The first kappa shape index (κ1) is 27.3. The van der Waals surface area contributed by atoms with E-state index in [9.17, 15) is 9.59 Å². The standard InChI is InChI=1S/C30H35ClN2O3/c1-5-22(3)32-30(35)27(18-24-12-7-6-8-13-24)33(19-25-14-10-15-26(31)17-25)29(34)20-36-28-16-9-11-21(2)23(28)4/h6-17,22,27H,5,18-20H2,1-4H3,(H,32,35)/t22-,27+/m0/s1. The van der Waals surface area contributed by atoms with Gasteiger partial charge < -0.3 is 15.0 Å². The lowest BCUT2D eigenvalue weighted by Gasteiger charge is -2.32. The van der Waals surface area contributed by atoms with E-state index in [1.165, 1.54) is 0 Å². The number of aryl methyl sites for hydroxylation is 1. The summed E-state index contributed by atoms with van der Waals surface area (Å²) in [5, 5.41) is 3.65. The molecule has 3 aromatic rings. The monoisotopic (exact) mass is 506 g/mol. The fourth-order valence-corrected chi connectivity index (χ4v) is 4.14. The lowest BCUT2D eigenvalue weighted by atomic mass is 10.0. The number of nitrogens with zero attached hydrogens (tertiary/aromatic N) is 1. The first-order valence-corrected chi connectivity index (χ1v) is 12.7. The summed E-state index contributed by atoms with van der Waals surface area (Å²) in [7, 11) is 0. The number of carbonyl (C=O) groups is 2. The number of nitrogens with one attached hydrogen (secondary N) is 1. The van der Waals surface area contributed by atoms with Crippen LogP contribution in [0, 0.1) is 13.8 Å². The number of halogens is 1. The normalized spacial score (nSPS) is 12.5. The van der Waals surface area contributed by atoms with Gasteiger partial charge in [-0.1, -0.05) is 73.1 Å². The van der Waals surface area contributed by atoms with E-state index in [1.54, 1.807) is 11.0 Å². The molecule has 6 heteroatoms. The number of benzene rings is 3. The van der Waals surface area contributed by atoms with E-state index in [2.05, 4.69) is 5.32 Å². The highest BCUT2D eigenvalue weighted by Gasteiger charge is 2.31. The van der Waals surface area contributed by atoms with Crippen LogP contribution < -0.4 is 10.1 Å². The van der Waals surface area contributed by atoms with E-state index in [4.69, 9.17) is 16.3 Å². The maximum Gasteiger partial charge on any atom is 0.261 e. The third kappa shape index (κ3) is 7.59. The number of amides is 2.